The van der Waals surface area contributed by atoms with Crippen molar-refractivity contribution in [3.63, 3.8) is 0 Å². The molecule has 0 aromatic heterocycles. The standard InChI is InChI=1S/C16H19NO2S/c1-13-6-2-3-8-15(13)11-20(18,19)12-16-9-5-4-7-14(16)10-17/h2-9H,10-12,17H2,1H3. The van der Waals surface area contributed by atoms with Crippen molar-refractivity contribution in [2.75, 3.05) is 0 Å². The summed E-state index contributed by atoms with van der Waals surface area (Å²) in [5.41, 5.74) is 9.20. The zero-order valence-electron chi connectivity index (χ0n) is 11.5. The van der Waals surface area contributed by atoms with E-state index in [1.54, 1.807) is 0 Å². The van der Waals surface area contributed by atoms with Crippen molar-refractivity contribution in [2.24, 2.45) is 5.73 Å². The van der Waals surface area contributed by atoms with Crippen LogP contribution in [-0.2, 0) is 27.9 Å². The first-order chi connectivity index (χ1) is 9.52. The van der Waals surface area contributed by atoms with Crippen LogP contribution in [0.15, 0.2) is 48.5 Å². The molecular weight excluding hydrogens is 270 g/mol. The lowest BCUT2D eigenvalue weighted by atomic mass is 10.1. The van der Waals surface area contributed by atoms with E-state index in [0.29, 0.717) is 6.54 Å². The van der Waals surface area contributed by atoms with E-state index >= 15 is 0 Å². The Kier molecular flexibility index (Phi) is 4.57. The molecule has 0 aliphatic carbocycles. The predicted octanol–water partition coefficient (Wildman–Crippen LogP) is 2.57. The van der Waals surface area contributed by atoms with E-state index in [1.165, 1.54) is 0 Å². The third-order valence-corrected chi connectivity index (χ3v) is 4.85. The Bertz CT molecular complexity index is 693. The molecule has 2 rings (SSSR count). The Morgan fingerprint density at radius 2 is 1.35 bits per heavy atom. The number of benzene rings is 2. The van der Waals surface area contributed by atoms with Gasteiger partial charge in [-0.15, -0.1) is 0 Å². The largest absolute Gasteiger partial charge is 0.326 e. The first-order valence-corrected chi connectivity index (χ1v) is 8.36. The Morgan fingerprint density at radius 1 is 0.850 bits per heavy atom. The fraction of sp³-hybridized carbons (Fsp3) is 0.250. The Hall–Kier alpha value is -1.65. The summed E-state index contributed by atoms with van der Waals surface area (Å²) in [6.45, 7) is 2.29. The van der Waals surface area contributed by atoms with Gasteiger partial charge in [0.15, 0.2) is 9.84 Å². The highest BCUT2D eigenvalue weighted by atomic mass is 32.2. The molecule has 0 heterocycles. The van der Waals surface area contributed by atoms with Crippen molar-refractivity contribution in [1.29, 1.82) is 0 Å². The Labute approximate surface area is 120 Å². The number of hydrogen-bond acceptors (Lipinski definition) is 3. The summed E-state index contributed by atoms with van der Waals surface area (Å²) < 4.78 is 24.7. The van der Waals surface area contributed by atoms with Crippen molar-refractivity contribution < 1.29 is 8.42 Å². The molecular formula is C16H19NO2S. The van der Waals surface area contributed by atoms with E-state index in [-0.39, 0.29) is 11.5 Å². The highest BCUT2D eigenvalue weighted by molar-refractivity contribution is 7.89. The average molecular weight is 289 g/mol. The lowest BCUT2D eigenvalue weighted by molar-refractivity contribution is 0.594. The lowest BCUT2D eigenvalue weighted by Gasteiger charge is -2.10. The number of hydrogen-bond donors (Lipinski definition) is 1. The van der Waals surface area contributed by atoms with Gasteiger partial charge in [-0.05, 0) is 29.2 Å². The maximum Gasteiger partial charge on any atom is 0.158 e. The van der Waals surface area contributed by atoms with Gasteiger partial charge in [0.1, 0.15) is 0 Å². The van der Waals surface area contributed by atoms with Gasteiger partial charge in [-0.1, -0.05) is 48.5 Å². The van der Waals surface area contributed by atoms with E-state index in [0.717, 1.165) is 22.3 Å². The van der Waals surface area contributed by atoms with Gasteiger partial charge in [-0.25, -0.2) is 8.42 Å². The van der Waals surface area contributed by atoms with Crippen molar-refractivity contribution in [3.8, 4) is 0 Å². The highest BCUT2D eigenvalue weighted by Crippen LogP contribution is 2.17. The van der Waals surface area contributed by atoms with E-state index in [9.17, 15) is 8.42 Å². The molecule has 0 atom stereocenters. The molecule has 2 aromatic carbocycles. The third kappa shape index (κ3) is 3.68. The third-order valence-electron chi connectivity index (χ3n) is 3.35. The van der Waals surface area contributed by atoms with Gasteiger partial charge >= 0.3 is 0 Å². The number of nitrogens with two attached hydrogens (primary N) is 1. The molecule has 0 fully saturated rings. The number of sulfone groups is 1. The number of aryl methyl sites for hydroxylation is 1. The molecule has 0 radical (unpaired) electrons. The van der Waals surface area contributed by atoms with Crippen LogP contribution in [0.5, 0.6) is 0 Å². The van der Waals surface area contributed by atoms with Gasteiger partial charge in [0.05, 0.1) is 11.5 Å². The summed E-state index contributed by atoms with van der Waals surface area (Å²) in [6.07, 6.45) is 0. The van der Waals surface area contributed by atoms with Crippen LogP contribution in [0, 0.1) is 6.92 Å². The maximum absolute atomic E-state index is 12.3. The van der Waals surface area contributed by atoms with Crippen LogP contribution in [0.4, 0.5) is 0 Å². The summed E-state index contributed by atoms with van der Waals surface area (Å²) in [4.78, 5) is 0. The van der Waals surface area contributed by atoms with Gasteiger partial charge in [0.2, 0.25) is 0 Å². The first-order valence-electron chi connectivity index (χ1n) is 6.53. The topological polar surface area (TPSA) is 60.2 Å². The molecule has 0 saturated carbocycles. The van der Waals surface area contributed by atoms with E-state index in [1.807, 2.05) is 55.5 Å². The molecule has 4 heteroatoms. The van der Waals surface area contributed by atoms with Crippen LogP contribution in [0.1, 0.15) is 22.3 Å². The van der Waals surface area contributed by atoms with Crippen molar-refractivity contribution in [2.45, 2.75) is 25.0 Å². The van der Waals surface area contributed by atoms with Crippen LogP contribution >= 0.6 is 0 Å². The highest BCUT2D eigenvalue weighted by Gasteiger charge is 2.15. The van der Waals surface area contributed by atoms with Crippen molar-refractivity contribution >= 4 is 9.84 Å². The van der Waals surface area contributed by atoms with Gasteiger partial charge in [-0.2, -0.15) is 0 Å². The van der Waals surface area contributed by atoms with Crippen molar-refractivity contribution in [3.05, 3.63) is 70.8 Å². The predicted molar refractivity (Wildman–Crippen MR) is 81.8 cm³/mol. The normalized spacial score (nSPS) is 11.5. The van der Waals surface area contributed by atoms with Crippen LogP contribution in [0.3, 0.4) is 0 Å². The smallest absolute Gasteiger partial charge is 0.158 e. The molecule has 0 aliphatic heterocycles. The fourth-order valence-electron chi connectivity index (χ4n) is 2.19. The quantitative estimate of drug-likeness (QED) is 0.920. The summed E-state index contributed by atoms with van der Waals surface area (Å²) in [5, 5.41) is 0. The van der Waals surface area contributed by atoms with E-state index in [4.69, 9.17) is 5.73 Å². The second-order valence-corrected chi connectivity index (χ2v) is 7.00. The number of rotatable bonds is 5. The minimum Gasteiger partial charge on any atom is -0.326 e. The minimum absolute atomic E-state index is 0.0364. The summed E-state index contributed by atoms with van der Waals surface area (Å²) in [7, 11) is -3.20. The fourth-order valence-corrected chi connectivity index (χ4v) is 3.85. The molecule has 0 aliphatic rings. The van der Waals surface area contributed by atoms with E-state index < -0.39 is 9.84 Å². The molecule has 0 amide bonds. The van der Waals surface area contributed by atoms with Gasteiger partial charge in [0, 0.05) is 6.54 Å². The zero-order valence-corrected chi connectivity index (χ0v) is 12.4. The van der Waals surface area contributed by atoms with Gasteiger partial charge in [-0.3, -0.25) is 0 Å². The average Bonchev–Trinajstić information content (AvgIpc) is 2.41. The Morgan fingerprint density at radius 3 is 1.95 bits per heavy atom. The summed E-state index contributed by atoms with van der Waals surface area (Å²) in [6, 6.07) is 15.0. The van der Waals surface area contributed by atoms with Gasteiger partial charge in [0.25, 0.3) is 0 Å². The minimum atomic E-state index is -3.20. The van der Waals surface area contributed by atoms with E-state index in [2.05, 4.69) is 0 Å². The molecule has 0 unspecified atom stereocenters. The van der Waals surface area contributed by atoms with Gasteiger partial charge < -0.3 is 5.73 Å². The maximum atomic E-state index is 12.3. The molecule has 0 saturated heterocycles. The molecule has 3 nitrogen and oxygen atoms in total. The van der Waals surface area contributed by atoms with Crippen LogP contribution in [0.2, 0.25) is 0 Å². The van der Waals surface area contributed by atoms with Crippen molar-refractivity contribution in [1.82, 2.24) is 0 Å². The second-order valence-electron chi connectivity index (χ2n) is 4.93. The molecule has 106 valence electrons. The Balaban J connectivity index is 2.22. The lowest BCUT2D eigenvalue weighted by Crippen LogP contribution is -2.11. The van der Waals surface area contributed by atoms with Crippen LogP contribution in [-0.4, -0.2) is 8.42 Å². The molecule has 0 bridgehead atoms. The molecule has 20 heavy (non-hydrogen) atoms. The first kappa shape index (κ1) is 14.8. The monoisotopic (exact) mass is 289 g/mol. The zero-order chi connectivity index (χ0) is 14.6. The SMILES string of the molecule is Cc1ccccc1CS(=O)(=O)Cc1ccccc1CN. The molecule has 2 aromatic rings. The molecule has 0 spiro atoms. The van der Waals surface area contributed by atoms with Crippen LogP contribution in [0.25, 0.3) is 0 Å². The summed E-state index contributed by atoms with van der Waals surface area (Å²) in [5.74, 6) is 0.104. The van der Waals surface area contributed by atoms with Crippen LogP contribution < -0.4 is 5.73 Å². The summed E-state index contributed by atoms with van der Waals surface area (Å²) >= 11 is 0. The molecule has 2 N–H and O–H groups in total. The second kappa shape index (κ2) is 6.20.